The zero-order valence-corrected chi connectivity index (χ0v) is 18.3. The molecule has 4 rings (SSSR count). The van der Waals surface area contributed by atoms with Crippen LogP contribution in [0.5, 0.6) is 11.5 Å². The van der Waals surface area contributed by atoms with E-state index < -0.39 is 0 Å². The Kier molecular flexibility index (Phi) is 6.62. The van der Waals surface area contributed by atoms with Gasteiger partial charge in [-0.25, -0.2) is 14.1 Å². The quantitative estimate of drug-likeness (QED) is 0.362. The molecule has 160 valence electrons. The summed E-state index contributed by atoms with van der Waals surface area (Å²) in [4.78, 5) is 5.39. The van der Waals surface area contributed by atoms with E-state index in [9.17, 15) is 4.39 Å². The standard InChI is InChI=1S/C24H24FN3O2S/c1-29-20-12-13-23(30-2)21(14-20)22-16-31-24(27-19-10-8-18(25)9-11-19)28(22)26-15-17-6-4-3-5-7-17/h3-4,8-17H,5-7H2,1-2H3. The van der Waals surface area contributed by atoms with Gasteiger partial charge in [0.2, 0.25) is 4.80 Å². The number of halogens is 1. The van der Waals surface area contributed by atoms with E-state index in [1.807, 2.05) is 34.5 Å². The number of aromatic nitrogens is 1. The molecule has 1 unspecified atom stereocenters. The Bertz CT molecular complexity index is 1160. The lowest BCUT2D eigenvalue weighted by Crippen LogP contribution is -2.14. The molecule has 1 aromatic heterocycles. The van der Waals surface area contributed by atoms with Crippen molar-refractivity contribution >= 4 is 23.2 Å². The molecule has 3 aromatic rings. The summed E-state index contributed by atoms with van der Waals surface area (Å²) in [6.07, 6.45) is 9.53. The molecule has 0 bridgehead atoms. The number of nitrogens with zero attached hydrogens (tertiary/aromatic N) is 3. The highest BCUT2D eigenvalue weighted by atomic mass is 32.1. The second kappa shape index (κ2) is 9.75. The number of hydrogen-bond acceptors (Lipinski definition) is 5. The molecule has 7 heteroatoms. The lowest BCUT2D eigenvalue weighted by Gasteiger charge is -2.13. The third-order valence-electron chi connectivity index (χ3n) is 5.12. The first-order chi connectivity index (χ1) is 15.2. The van der Waals surface area contributed by atoms with Gasteiger partial charge < -0.3 is 9.47 Å². The van der Waals surface area contributed by atoms with Crippen LogP contribution in [0, 0.1) is 11.7 Å². The largest absolute Gasteiger partial charge is 0.497 e. The van der Waals surface area contributed by atoms with E-state index in [0.29, 0.717) is 16.4 Å². The van der Waals surface area contributed by atoms with Crippen molar-refractivity contribution in [2.75, 3.05) is 14.2 Å². The van der Waals surface area contributed by atoms with Gasteiger partial charge in [-0.05, 0) is 67.6 Å². The van der Waals surface area contributed by atoms with Crippen LogP contribution in [-0.4, -0.2) is 25.1 Å². The molecule has 0 spiro atoms. The van der Waals surface area contributed by atoms with Gasteiger partial charge in [0.1, 0.15) is 17.3 Å². The fraction of sp³-hybridized carbons (Fsp3) is 0.250. The highest BCUT2D eigenvalue weighted by molar-refractivity contribution is 7.07. The summed E-state index contributed by atoms with van der Waals surface area (Å²) in [6, 6.07) is 11.8. The van der Waals surface area contributed by atoms with Crippen LogP contribution in [0.15, 0.2) is 70.1 Å². The zero-order chi connectivity index (χ0) is 21.6. The van der Waals surface area contributed by atoms with Crippen LogP contribution in [0.4, 0.5) is 10.1 Å². The number of rotatable bonds is 6. The lowest BCUT2D eigenvalue weighted by molar-refractivity contribution is 0.404. The number of methoxy groups -OCH3 is 2. The van der Waals surface area contributed by atoms with E-state index in [2.05, 4.69) is 12.2 Å². The van der Waals surface area contributed by atoms with Crippen LogP contribution in [0.25, 0.3) is 11.3 Å². The van der Waals surface area contributed by atoms with Gasteiger partial charge in [0.15, 0.2) is 0 Å². The molecule has 1 atom stereocenters. The minimum atomic E-state index is -0.289. The lowest BCUT2D eigenvalue weighted by atomic mass is 9.96. The van der Waals surface area contributed by atoms with Gasteiger partial charge in [-0.1, -0.05) is 12.2 Å². The molecule has 31 heavy (non-hydrogen) atoms. The summed E-state index contributed by atoms with van der Waals surface area (Å²) >= 11 is 1.47. The van der Waals surface area contributed by atoms with Crippen LogP contribution in [0.3, 0.4) is 0 Å². The van der Waals surface area contributed by atoms with Crippen LogP contribution < -0.4 is 14.3 Å². The minimum Gasteiger partial charge on any atom is -0.497 e. The Morgan fingerprint density at radius 3 is 2.65 bits per heavy atom. The van der Waals surface area contributed by atoms with Crippen molar-refractivity contribution in [1.29, 1.82) is 0 Å². The molecule has 0 amide bonds. The van der Waals surface area contributed by atoms with Gasteiger partial charge in [-0.15, -0.1) is 11.3 Å². The van der Waals surface area contributed by atoms with E-state index in [0.717, 1.165) is 42.0 Å². The summed E-state index contributed by atoms with van der Waals surface area (Å²) in [5.74, 6) is 1.54. The number of hydrogen-bond donors (Lipinski definition) is 0. The minimum absolute atomic E-state index is 0.289. The predicted octanol–water partition coefficient (Wildman–Crippen LogP) is 5.80. The summed E-state index contributed by atoms with van der Waals surface area (Å²) < 4.78 is 26.1. The maximum atomic E-state index is 13.3. The Labute approximate surface area is 184 Å². The second-order valence-electron chi connectivity index (χ2n) is 7.18. The van der Waals surface area contributed by atoms with Crippen molar-refractivity contribution < 1.29 is 13.9 Å². The van der Waals surface area contributed by atoms with Crippen LogP contribution in [-0.2, 0) is 0 Å². The predicted molar refractivity (Wildman–Crippen MR) is 123 cm³/mol. The second-order valence-corrected chi connectivity index (χ2v) is 8.02. The van der Waals surface area contributed by atoms with Crippen molar-refractivity contribution in [2.45, 2.75) is 19.3 Å². The topological polar surface area (TPSA) is 48.1 Å². The summed E-state index contributed by atoms with van der Waals surface area (Å²) in [5, 5.41) is 6.81. The van der Waals surface area contributed by atoms with Crippen molar-refractivity contribution in [1.82, 2.24) is 4.68 Å². The molecule has 2 aromatic carbocycles. The van der Waals surface area contributed by atoms with Gasteiger partial charge >= 0.3 is 0 Å². The molecular formula is C24H24FN3O2S. The van der Waals surface area contributed by atoms with E-state index >= 15 is 0 Å². The van der Waals surface area contributed by atoms with Crippen molar-refractivity contribution in [3.63, 3.8) is 0 Å². The van der Waals surface area contributed by atoms with E-state index in [1.165, 1.54) is 23.5 Å². The number of allylic oxidation sites excluding steroid dienone is 2. The Morgan fingerprint density at radius 1 is 1.10 bits per heavy atom. The molecule has 0 saturated carbocycles. The zero-order valence-electron chi connectivity index (χ0n) is 17.5. The highest BCUT2D eigenvalue weighted by Gasteiger charge is 2.15. The molecule has 1 heterocycles. The van der Waals surface area contributed by atoms with E-state index in [4.69, 9.17) is 19.6 Å². The maximum Gasteiger partial charge on any atom is 0.211 e. The summed E-state index contributed by atoms with van der Waals surface area (Å²) in [5.41, 5.74) is 2.38. The monoisotopic (exact) mass is 437 g/mol. The molecular weight excluding hydrogens is 413 g/mol. The third-order valence-corrected chi connectivity index (χ3v) is 5.94. The van der Waals surface area contributed by atoms with Crippen molar-refractivity contribution in [3.8, 4) is 22.8 Å². The molecule has 0 aliphatic heterocycles. The molecule has 5 nitrogen and oxygen atoms in total. The fourth-order valence-corrected chi connectivity index (χ4v) is 4.28. The van der Waals surface area contributed by atoms with E-state index in [-0.39, 0.29) is 5.82 Å². The normalized spacial score (nSPS) is 16.7. The van der Waals surface area contributed by atoms with Crippen LogP contribution >= 0.6 is 11.3 Å². The van der Waals surface area contributed by atoms with Crippen molar-refractivity contribution in [3.05, 3.63) is 70.6 Å². The van der Waals surface area contributed by atoms with Gasteiger partial charge in [-0.2, -0.15) is 5.10 Å². The van der Waals surface area contributed by atoms with E-state index in [1.54, 1.807) is 26.4 Å². The Hall–Kier alpha value is -3.19. The Morgan fingerprint density at radius 2 is 1.94 bits per heavy atom. The molecule has 0 fully saturated rings. The van der Waals surface area contributed by atoms with Gasteiger partial charge in [0, 0.05) is 17.2 Å². The van der Waals surface area contributed by atoms with Crippen LogP contribution in [0.2, 0.25) is 0 Å². The molecule has 0 N–H and O–H groups in total. The molecule has 1 aliphatic rings. The van der Waals surface area contributed by atoms with Gasteiger partial charge in [-0.3, -0.25) is 0 Å². The maximum absolute atomic E-state index is 13.3. The molecule has 0 radical (unpaired) electrons. The molecule has 0 saturated heterocycles. The third kappa shape index (κ3) is 4.94. The average molecular weight is 438 g/mol. The van der Waals surface area contributed by atoms with Gasteiger partial charge in [0.05, 0.1) is 25.6 Å². The van der Waals surface area contributed by atoms with Crippen LogP contribution in [0.1, 0.15) is 19.3 Å². The highest BCUT2D eigenvalue weighted by Crippen LogP contribution is 2.34. The number of thiazole rings is 1. The fourth-order valence-electron chi connectivity index (χ4n) is 3.43. The first kappa shape index (κ1) is 21.1. The number of ether oxygens (including phenoxy) is 2. The number of benzene rings is 2. The smallest absolute Gasteiger partial charge is 0.211 e. The molecule has 1 aliphatic carbocycles. The summed E-state index contributed by atoms with van der Waals surface area (Å²) in [6.45, 7) is 0. The first-order valence-electron chi connectivity index (χ1n) is 10.1. The first-order valence-corrected chi connectivity index (χ1v) is 11.0. The van der Waals surface area contributed by atoms with Crippen molar-refractivity contribution in [2.24, 2.45) is 16.0 Å². The Balaban J connectivity index is 1.84. The SMILES string of the molecule is COc1ccc(OC)c(-c2csc(=Nc3ccc(F)cc3)n2N=CC2CC=CCC2)c1. The summed E-state index contributed by atoms with van der Waals surface area (Å²) in [7, 11) is 3.28. The average Bonchev–Trinajstić information content (AvgIpc) is 3.21. The van der Waals surface area contributed by atoms with Gasteiger partial charge in [0.25, 0.3) is 0 Å².